The molecule has 0 spiro atoms. The van der Waals surface area contributed by atoms with E-state index in [1.807, 2.05) is 72.8 Å². The number of nitrogens with zero attached hydrogens (tertiary/aromatic N) is 6. The van der Waals surface area contributed by atoms with Gasteiger partial charge >= 0.3 is 0 Å². The number of hydrogen-bond acceptors (Lipinski definition) is 17. The molecule has 0 saturated carbocycles. The number of hydrogen-bond donors (Lipinski definition) is 4. The van der Waals surface area contributed by atoms with E-state index in [1.54, 1.807) is 101 Å². The summed E-state index contributed by atoms with van der Waals surface area (Å²) in [7, 11) is 4.22. The molecule has 18 nitrogen and oxygen atoms in total. The summed E-state index contributed by atoms with van der Waals surface area (Å²) in [6.45, 7) is 1.53. The average molecular weight is 1080 g/mol. The van der Waals surface area contributed by atoms with Gasteiger partial charge in [0, 0.05) is 94.1 Å². The Morgan fingerprint density at radius 2 is 0.921 bits per heavy atom. The molecule has 0 fully saturated rings. The Kier molecular flexibility index (Phi) is 18.5. The predicted octanol–water partition coefficient (Wildman–Crippen LogP) is 9.74. The maximum atomic E-state index is 12.6. The fourth-order valence-corrected chi connectivity index (χ4v) is 9.66. The van der Waals surface area contributed by atoms with Crippen LogP contribution in [-0.2, 0) is 19.1 Å². The Labute approximate surface area is 445 Å². The molecule has 392 valence electrons. The molecular weight excluding hydrogens is 1030 g/mol. The van der Waals surface area contributed by atoms with Crippen LogP contribution in [0.15, 0.2) is 168 Å². The van der Waals surface area contributed by atoms with Crippen molar-refractivity contribution in [2.45, 2.75) is 17.2 Å². The van der Waals surface area contributed by atoms with Crippen LogP contribution in [0, 0.1) is 0 Å². The van der Waals surface area contributed by atoms with Crippen LogP contribution < -0.4 is 40.0 Å². The number of aromatic nitrogens is 6. The highest BCUT2D eigenvalue weighted by Crippen LogP contribution is 2.38. The summed E-state index contributed by atoms with van der Waals surface area (Å²) in [5, 5.41) is 10.1. The van der Waals surface area contributed by atoms with Crippen LogP contribution in [0.5, 0.6) is 23.0 Å². The van der Waals surface area contributed by atoms with Gasteiger partial charge in [-0.25, -0.2) is 41.5 Å². The van der Waals surface area contributed by atoms with Gasteiger partial charge in [0.25, 0.3) is 9.05 Å². The second kappa shape index (κ2) is 25.3. The molecule has 0 amide bonds. The van der Waals surface area contributed by atoms with Gasteiger partial charge in [0.15, 0.2) is 34.6 Å². The SMILES string of the molecule is C.COc1cc2nc(-c3cccc4cccnc34)nc(NCCN)c2cc1OC.COc1cc2nc(-c3cccc4cccnc34)nc(NCCNS(=O)(=O)c3ccccc3)c2cc1OC.O=S(=O)(Cl)c1ccccc1. The van der Waals surface area contributed by atoms with Gasteiger partial charge in [-0.2, -0.15) is 0 Å². The Hall–Kier alpha value is -8.27. The van der Waals surface area contributed by atoms with Gasteiger partial charge in [-0.1, -0.05) is 80.2 Å². The quantitative estimate of drug-likeness (QED) is 0.0519. The number of ether oxygens (including phenoxy) is 4. The monoisotopic (exact) mass is 1080 g/mol. The van der Waals surface area contributed by atoms with E-state index in [1.165, 1.54) is 12.1 Å². The van der Waals surface area contributed by atoms with Crippen LogP contribution in [0.2, 0.25) is 0 Å². The van der Waals surface area contributed by atoms with Crippen LogP contribution >= 0.6 is 10.7 Å². The number of nitrogens with two attached hydrogens (primary N) is 1. The van der Waals surface area contributed by atoms with E-state index >= 15 is 0 Å². The molecule has 0 radical (unpaired) electrons. The summed E-state index contributed by atoms with van der Waals surface area (Å²) in [5.41, 5.74) is 10.4. The van der Waals surface area contributed by atoms with Gasteiger partial charge in [0.2, 0.25) is 10.0 Å². The number of benzene rings is 6. The van der Waals surface area contributed by atoms with Crippen molar-refractivity contribution in [3.8, 4) is 45.8 Å². The maximum absolute atomic E-state index is 12.6. The number of nitrogens with one attached hydrogen (secondary N) is 3. The first-order valence-corrected chi connectivity index (χ1v) is 26.9. The number of methoxy groups -OCH3 is 4. The minimum absolute atomic E-state index is 0. The van der Waals surface area contributed by atoms with E-state index in [4.69, 9.17) is 55.3 Å². The van der Waals surface area contributed by atoms with Gasteiger partial charge in [-0.15, -0.1) is 0 Å². The minimum Gasteiger partial charge on any atom is -0.493 e. The van der Waals surface area contributed by atoms with Gasteiger partial charge in [0.1, 0.15) is 11.6 Å². The number of para-hydroxylation sites is 2. The molecule has 10 rings (SSSR count). The van der Waals surface area contributed by atoms with E-state index in [0.29, 0.717) is 76.8 Å². The van der Waals surface area contributed by atoms with Crippen molar-refractivity contribution in [2.75, 3.05) is 65.3 Å². The molecule has 4 aromatic heterocycles. The number of pyridine rings is 2. The van der Waals surface area contributed by atoms with Crippen LogP contribution in [-0.4, -0.2) is 101 Å². The lowest BCUT2D eigenvalue weighted by atomic mass is 10.1. The number of rotatable bonds is 16. The second-order valence-corrected chi connectivity index (χ2v) is 20.4. The molecule has 10 aromatic rings. The van der Waals surface area contributed by atoms with Crippen molar-refractivity contribution >= 4 is 85.0 Å². The lowest BCUT2D eigenvalue weighted by molar-refractivity contribution is 0.356. The maximum Gasteiger partial charge on any atom is 0.261 e. The fraction of sp³-hybridized carbons (Fsp3) is 0.164. The molecule has 4 heterocycles. The number of sulfonamides is 1. The zero-order chi connectivity index (χ0) is 53.0. The third-order valence-electron chi connectivity index (χ3n) is 11.4. The molecule has 21 heteroatoms. The molecule has 0 aliphatic heterocycles. The number of anilines is 2. The zero-order valence-corrected chi connectivity index (χ0v) is 43.4. The van der Waals surface area contributed by atoms with Crippen molar-refractivity contribution in [1.82, 2.24) is 34.6 Å². The second-order valence-electron chi connectivity index (χ2n) is 16.1. The highest BCUT2D eigenvalue weighted by Gasteiger charge is 2.19. The third-order valence-corrected chi connectivity index (χ3v) is 14.2. The summed E-state index contributed by atoms with van der Waals surface area (Å²) in [6.07, 6.45) is 3.51. The van der Waals surface area contributed by atoms with Crippen molar-refractivity contribution in [3.05, 3.63) is 158 Å². The van der Waals surface area contributed by atoms with E-state index in [2.05, 4.69) is 25.3 Å². The summed E-state index contributed by atoms with van der Waals surface area (Å²) in [4.78, 5) is 28.6. The van der Waals surface area contributed by atoms with Crippen molar-refractivity contribution in [3.63, 3.8) is 0 Å². The third kappa shape index (κ3) is 13.0. The molecular formula is C55H55ClN10O8S2. The summed E-state index contributed by atoms with van der Waals surface area (Å²) in [5.74, 6) is 4.60. The Bertz CT molecular complexity index is 3840. The van der Waals surface area contributed by atoms with Crippen LogP contribution in [0.25, 0.3) is 66.4 Å². The van der Waals surface area contributed by atoms with Gasteiger partial charge in [0.05, 0.1) is 60.3 Å². The largest absolute Gasteiger partial charge is 0.493 e. The van der Waals surface area contributed by atoms with E-state index in [-0.39, 0.29) is 23.8 Å². The lowest BCUT2D eigenvalue weighted by Crippen LogP contribution is -2.29. The van der Waals surface area contributed by atoms with E-state index in [9.17, 15) is 16.8 Å². The number of halogens is 1. The zero-order valence-electron chi connectivity index (χ0n) is 41.1. The van der Waals surface area contributed by atoms with Gasteiger partial charge in [-0.3, -0.25) is 9.97 Å². The summed E-state index contributed by atoms with van der Waals surface area (Å²) >= 11 is 0. The molecule has 0 aliphatic rings. The Balaban J connectivity index is 0.000000189. The van der Waals surface area contributed by atoms with E-state index < -0.39 is 19.1 Å². The van der Waals surface area contributed by atoms with Crippen molar-refractivity contribution in [1.29, 1.82) is 0 Å². The number of fused-ring (bicyclic) bond motifs is 4. The average Bonchev–Trinajstić information content (AvgIpc) is 3.45. The fourth-order valence-electron chi connectivity index (χ4n) is 7.81. The molecule has 0 saturated heterocycles. The van der Waals surface area contributed by atoms with Crippen LogP contribution in [0.1, 0.15) is 7.43 Å². The van der Waals surface area contributed by atoms with Crippen LogP contribution in [0.3, 0.4) is 0 Å². The predicted molar refractivity (Wildman–Crippen MR) is 301 cm³/mol. The summed E-state index contributed by atoms with van der Waals surface area (Å²) in [6, 6.07) is 43.1. The first-order chi connectivity index (χ1) is 36.3. The van der Waals surface area contributed by atoms with Crippen molar-refractivity contribution in [2.24, 2.45) is 5.73 Å². The smallest absolute Gasteiger partial charge is 0.261 e. The van der Waals surface area contributed by atoms with Crippen molar-refractivity contribution < 1.29 is 35.8 Å². The highest BCUT2D eigenvalue weighted by molar-refractivity contribution is 8.13. The molecule has 6 aromatic carbocycles. The molecule has 0 unspecified atom stereocenters. The van der Waals surface area contributed by atoms with Gasteiger partial charge in [-0.05, 0) is 60.7 Å². The summed E-state index contributed by atoms with van der Waals surface area (Å²) < 4.78 is 70.8. The minimum atomic E-state index is -3.62. The Morgan fingerprint density at radius 3 is 1.34 bits per heavy atom. The molecule has 5 N–H and O–H groups in total. The topological polar surface area (TPSA) is 245 Å². The lowest BCUT2D eigenvalue weighted by Gasteiger charge is -2.15. The van der Waals surface area contributed by atoms with Gasteiger partial charge < -0.3 is 35.3 Å². The van der Waals surface area contributed by atoms with E-state index in [0.717, 1.165) is 43.8 Å². The first kappa shape index (κ1) is 55.5. The first-order valence-electron chi connectivity index (χ1n) is 23.1. The normalized spacial score (nSPS) is 11.1. The molecule has 0 atom stereocenters. The van der Waals surface area contributed by atoms with Crippen LogP contribution in [0.4, 0.5) is 11.6 Å². The molecule has 0 aliphatic carbocycles. The molecule has 76 heavy (non-hydrogen) atoms. The molecule has 0 bridgehead atoms. The Morgan fingerprint density at radius 1 is 0.500 bits per heavy atom. The highest BCUT2D eigenvalue weighted by atomic mass is 35.7. The standard InChI is InChI=1S/C27H25N5O4S.C21H21N5O2.C6H5ClO2S.CH4/c1-35-23-16-21-22(17-24(23)36-2)31-27(20-12-6-8-18-9-7-13-28-25(18)20)32-26(21)29-14-15-30-37(33,34)19-10-4-3-5-11-19;1-27-17-11-15-16(12-18(17)28-2)25-21(26-20(15)24-10-8-22)14-7-3-5-13-6-4-9-23-19(13)14;7-10(8,9)6-4-2-1-3-5-6;/h3-13,16-17,30H,14-15H2,1-2H3,(H,29,31,32);3-7,9,11-12H,8,10,22H2,1-2H3,(H,24,25,26);1-5H;1H4.